The quantitative estimate of drug-likeness (QED) is 0.586. The van der Waals surface area contributed by atoms with Gasteiger partial charge in [-0.25, -0.2) is 17.5 Å². The molecular formula is C19H19ClF2N2O6S. The van der Waals surface area contributed by atoms with Crippen molar-refractivity contribution < 1.29 is 36.3 Å². The van der Waals surface area contributed by atoms with Crippen LogP contribution < -0.4 is 10.1 Å². The second-order valence-corrected chi connectivity index (χ2v) is 8.97. The highest BCUT2D eigenvalue weighted by Crippen LogP contribution is 2.29. The number of sulfonamides is 1. The molecule has 0 aliphatic carbocycles. The third-order valence-electron chi connectivity index (χ3n) is 3.97. The van der Waals surface area contributed by atoms with Crippen LogP contribution in [0.3, 0.4) is 0 Å². The van der Waals surface area contributed by atoms with Gasteiger partial charge in [0, 0.05) is 19.8 Å². The van der Waals surface area contributed by atoms with Crippen LogP contribution in [0.2, 0.25) is 5.02 Å². The molecule has 0 fully saturated rings. The number of aryl methyl sites for hydroxylation is 1. The molecule has 2 aromatic carbocycles. The third kappa shape index (κ3) is 6.36. The van der Waals surface area contributed by atoms with Crippen LogP contribution >= 0.6 is 11.6 Å². The Morgan fingerprint density at radius 2 is 1.84 bits per heavy atom. The fraction of sp³-hybridized carbons (Fsp3) is 0.263. The van der Waals surface area contributed by atoms with E-state index < -0.39 is 35.1 Å². The molecule has 1 amide bonds. The number of hydrogen-bond donors (Lipinski definition) is 1. The topological polar surface area (TPSA) is 102 Å². The predicted octanol–water partition coefficient (Wildman–Crippen LogP) is 3.30. The Bertz CT molecular complexity index is 1090. The van der Waals surface area contributed by atoms with Gasteiger partial charge < -0.3 is 14.8 Å². The molecule has 31 heavy (non-hydrogen) atoms. The van der Waals surface area contributed by atoms with Gasteiger partial charge in [-0.1, -0.05) is 17.7 Å². The zero-order chi connectivity index (χ0) is 23.3. The lowest BCUT2D eigenvalue weighted by Crippen LogP contribution is -2.23. The van der Waals surface area contributed by atoms with Gasteiger partial charge in [-0.05, 0) is 42.8 Å². The molecule has 1 N–H and O–H groups in total. The molecule has 0 aliphatic heterocycles. The molecule has 0 unspecified atom stereocenters. The summed E-state index contributed by atoms with van der Waals surface area (Å²) in [5, 5.41) is 2.24. The van der Waals surface area contributed by atoms with Gasteiger partial charge in [0.15, 0.2) is 6.61 Å². The highest BCUT2D eigenvalue weighted by Gasteiger charge is 2.21. The van der Waals surface area contributed by atoms with Gasteiger partial charge in [0.2, 0.25) is 10.0 Å². The third-order valence-corrected chi connectivity index (χ3v) is 6.08. The number of carbonyl (C=O) groups is 2. The Morgan fingerprint density at radius 1 is 1.16 bits per heavy atom. The maximum atomic E-state index is 12.4. The fourth-order valence-electron chi connectivity index (χ4n) is 2.37. The Labute approximate surface area is 182 Å². The average Bonchev–Trinajstić information content (AvgIpc) is 2.68. The second-order valence-electron chi connectivity index (χ2n) is 6.41. The Morgan fingerprint density at radius 3 is 2.42 bits per heavy atom. The van der Waals surface area contributed by atoms with Crippen molar-refractivity contribution in [1.29, 1.82) is 0 Å². The number of carbonyl (C=O) groups excluding carboxylic acids is 2. The Hall–Kier alpha value is -2.76. The summed E-state index contributed by atoms with van der Waals surface area (Å²) in [5.74, 6) is -1.87. The summed E-state index contributed by atoms with van der Waals surface area (Å²) in [5.41, 5.74) is 0.625. The van der Waals surface area contributed by atoms with Crippen molar-refractivity contribution in [2.24, 2.45) is 0 Å². The molecule has 12 heteroatoms. The van der Waals surface area contributed by atoms with E-state index in [1.807, 2.05) is 0 Å². The molecule has 2 aromatic rings. The predicted molar refractivity (Wildman–Crippen MR) is 109 cm³/mol. The number of nitrogens with one attached hydrogen (secondary N) is 1. The number of esters is 1. The summed E-state index contributed by atoms with van der Waals surface area (Å²) in [6.45, 7) is -2.13. The number of anilines is 1. The van der Waals surface area contributed by atoms with Gasteiger partial charge in [-0.3, -0.25) is 4.79 Å². The first-order valence-corrected chi connectivity index (χ1v) is 10.5. The standard InChI is InChI=1S/C19H19ClF2N2O6S/c1-11-4-6-13(31(27,28)24(2)3)9-14(11)18(26)29-10-17(25)23-12-5-7-16(15(20)8-12)30-19(21)22/h4-9,19H,10H2,1-3H3,(H,23,25). The molecule has 2 rings (SSSR count). The molecule has 0 saturated carbocycles. The van der Waals surface area contributed by atoms with E-state index in [9.17, 15) is 26.8 Å². The molecule has 0 radical (unpaired) electrons. The monoisotopic (exact) mass is 476 g/mol. The highest BCUT2D eigenvalue weighted by molar-refractivity contribution is 7.89. The van der Waals surface area contributed by atoms with Crippen molar-refractivity contribution in [3.63, 3.8) is 0 Å². The van der Waals surface area contributed by atoms with E-state index in [0.717, 1.165) is 10.4 Å². The van der Waals surface area contributed by atoms with Gasteiger partial charge >= 0.3 is 12.6 Å². The number of ether oxygens (including phenoxy) is 2. The lowest BCUT2D eigenvalue weighted by atomic mass is 10.1. The molecule has 0 aliphatic rings. The number of hydrogen-bond acceptors (Lipinski definition) is 6. The summed E-state index contributed by atoms with van der Waals surface area (Å²) in [4.78, 5) is 24.3. The van der Waals surface area contributed by atoms with Crippen LogP contribution in [0.15, 0.2) is 41.3 Å². The van der Waals surface area contributed by atoms with E-state index in [1.165, 1.54) is 44.4 Å². The average molecular weight is 477 g/mol. The van der Waals surface area contributed by atoms with Crippen LogP contribution in [0.1, 0.15) is 15.9 Å². The summed E-state index contributed by atoms with van der Waals surface area (Å²) in [7, 11) is -1.05. The van der Waals surface area contributed by atoms with Crippen molar-refractivity contribution in [2.75, 3.05) is 26.0 Å². The van der Waals surface area contributed by atoms with Crippen LogP contribution in [0.5, 0.6) is 5.75 Å². The van der Waals surface area contributed by atoms with Gasteiger partial charge in [-0.15, -0.1) is 0 Å². The Balaban J connectivity index is 2.04. The molecule has 0 aromatic heterocycles. The largest absolute Gasteiger partial charge is 0.452 e. The number of amides is 1. The summed E-state index contributed by atoms with van der Waals surface area (Å²) in [6, 6.07) is 7.61. The van der Waals surface area contributed by atoms with Crippen molar-refractivity contribution in [1.82, 2.24) is 4.31 Å². The summed E-state index contributed by atoms with van der Waals surface area (Å²) in [6.07, 6.45) is 0. The molecule has 0 saturated heterocycles. The molecular weight excluding hydrogens is 458 g/mol. The van der Waals surface area contributed by atoms with Crippen LogP contribution in [0.25, 0.3) is 0 Å². The van der Waals surface area contributed by atoms with Gasteiger partial charge in [-0.2, -0.15) is 8.78 Å². The number of nitrogens with zero attached hydrogens (tertiary/aromatic N) is 1. The summed E-state index contributed by atoms with van der Waals surface area (Å²) < 4.78 is 59.2. The van der Waals surface area contributed by atoms with Crippen molar-refractivity contribution in [3.8, 4) is 5.75 Å². The SMILES string of the molecule is Cc1ccc(S(=O)(=O)N(C)C)cc1C(=O)OCC(=O)Nc1ccc(OC(F)F)c(Cl)c1. The van der Waals surface area contributed by atoms with Crippen LogP contribution in [0, 0.1) is 6.92 Å². The van der Waals surface area contributed by atoms with Crippen LogP contribution in [0.4, 0.5) is 14.5 Å². The minimum atomic E-state index is -3.76. The number of alkyl halides is 2. The van der Waals surface area contributed by atoms with Crippen LogP contribution in [-0.4, -0.2) is 51.9 Å². The van der Waals surface area contributed by atoms with Gasteiger partial charge in [0.25, 0.3) is 5.91 Å². The second kappa shape index (κ2) is 10.0. The minimum absolute atomic E-state index is 0.00716. The number of rotatable bonds is 8. The molecule has 0 spiro atoms. The van der Waals surface area contributed by atoms with E-state index in [2.05, 4.69) is 10.1 Å². The molecule has 8 nitrogen and oxygen atoms in total. The smallest absolute Gasteiger partial charge is 0.387 e. The molecule has 0 heterocycles. The highest BCUT2D eigenvalue weighted by atomic mass is 35.5. The lowest BCUT2D eigenvalue weighted by Gasteiger charge is -2.13. The first-order chi connectivity index (χ1) is 14.4. The van der Waals surface area contributed by atoms with E-state index in [1.54, 1.807) is 6.92 Å². The van der Waals surface area contributed by atoms with Crippen molar-refractivity contribution in [3.05, 3.63) is 52.5 Å². The molecule has 0 bridgehead atoms. The van der Waals surface area contributed by atoms with Crippen molar-refractivity contribution in [2.45, 2.75) is 18.4 Å². The zero-order valence-corrected chi connectivity index (χ0v) is 18.3. The maximum absolute atomic E-state index is 12.4. The summed E-state index contributed by atoms with van der Waals surface area (Å²) >= 11 is 5.81. The molecule has 0 atom stereocenters. The maximum Gasteiger partial charge on any atom is 0.387 e. The van der Waals surface area contributed by atoms with Crippen LogP contribution in [-0.2, 0) is 19.6 Å². The number of benzene rings is 2. The lowest BCUT2D eigenvalue weighted by molar-refractivity contribution is -0.119. The number of halogens is 3. The van der Waals surface area contributed by atoms with Gasteiger partial charge in [0.05, 0.1) is 15.5 Å². The minimum Gasteiger partial charge on any atom is -0.452 e. The normalized spacial score (nSPS) is 11.5. The Kier molecular flexibility index (Phi) is 7.93. The van der Waals surface area contributed by atoms with E-state index in [4.69, 9.17) is 16.3 Å². The first kappa shape index (κ1) is 24.5. The molecule has 168 valence electrons. The van der Waals surface area contributed by atoms with Gasteiger partial charge in [0.1, 0.15) is 5.75 Å². The first-order valence-electron chi connectivity index (χ1n) is 8.66. The fourth-order valence-corrected chi connectivity index (χ4v) is 3.52. The van der Waals surface area contributed by atoms with E-state index in [0.29, 0.717) is 5.56 Å². The van der Waals surface area contributed by atoms with Crippen molar-refractivity contribution >= 4 is 39.2 Å². The zero-order valence-electron chi connectivity index (χ0n) is 16.7. The van der Waals surface area contributed by atoms with E-state index in [-0.39, 0.29) is 26.9 Å². The van der Waals surface area contributed by atoms with E-state index >= 15 is 0 Å².